The molecule has 1 aliphatic heterocycles. The smallest absolute Gasteiger partial charge is 0.427 e. The number of pyridine rings is 1. The molecule has 5 rings (SSSR count). The van der Waals surface area contributed by atoms with Gasteiger partial charge in [0.25, 0.3) is 0 Å². The Morgan fingerprint density at radius 1 is 0.980 bits per heavy atom. The third kappa shape index (κ3) is 8.64. The lowest BCUT2D eigenvalue weighted by Crippen LogP contribution is -2.44. The summed E-state index contributed by atoms with van der Waals surface area (Å²) in [7, 11) is 4.88. The number of aromatic nitrogens is 5. The molecule has 0 saturated heterocycles. The van der Waals surface area contributed by atoms with E-state index >= 15 is 0 Å². The van der Waals surface area contributed by atoms with Crippen molar-refractivity contribution in [3.05, 3.63) is 52.5 Å². The van der Waals surface area contributed by atoms with Gasteiger partial charge in [0.05, 0.1) is 44.6 Å². The van der Waals surface area contributed by atoms with Crippen molar-refractivity contribution in [1.29, 1.82) is 0 Å². The molecule has 0 saturated carbocycles. The molecule has 1 aliphatic rings. The zero-order valence-corrected chi connectivity index (χ0v) is 32.0. The number of rotatable bonds is 9. The number of carbonyl (C=O) groups excluding carboxylic acids is 2. The van der Waals surface area contributed by atoms with Crippen LogP contribution in [0.15, 0.2) is 29.4 Å². The maximum atomic E-state index is 13.6. The number of methoxy groups -OCH3 is 3. The van der Waals surface area contributed by atoms with Gasteiger partial charge < -0.3 is 29.0 Å². The van der Waals surface area contributed by atoms with Gasteiger partial charge in [0.1, 0.15) is 33.5 Å². The Morgan fingerprint density at radius 3 is 2.27 bits per heavy atom. The fourth-order valence-corrected chi connectivity index (χ4v) is 6.73. The molecule has 0 spiro atoms. The molecular weight excluding hydrogens is 675 g/mol. The van der Waals surface area contributed by atoms with Crippen LogP contribution in [0, 0.1) is 13.8 Å². The number of ether oxygens (including phenoxy) is 5. The van der Waals surface area contributed by atoms with Gasteiger partial charge in [-0.1, -0.05) is 6.07 Å². The van der Waals surface area contributed by atoms with Crippen molar-refractivity contribution in [2.24, 2.45) is 0 Å². The lowest BCUT2D eigenvalue weighted by Gasteiger charge is -2.27. The summed E-state index contributed by atoms with van der Waals surface area (Å²) in [4.78, 5) is 42.3. The molecule has 3 aromatic heterocycles. The predicted molar refractivity (Wildman–Crippen MR) is 194 cm³/mol. The molecule has 0 bridgehead atoms. The molecule has 274 valence electrons. The molecule has 1 N–H and O–H groups in total. The van der Waals surface area contributed by atoms with Crippen molar-refractivity contribution in [2.75, 3.05) is 32.0 Å². The van der Waals surface area contributed by atoms with Crippen molar-refractivity contribution in [1.82, 2.24) is 30.0 Å². The topological polar surface area (TPSA) is 152 Å². The summed E-state index contributed by atoms with van der Waals surface area (Å²) < 4.78 is 29.7. The largest absolute Gasteiger partial charge is 0.497 e. The van der Waals surface area contributed by atoms with Gasteiger partial charge in [0.2, 0.25) is 5.95 Å². The standard InChI is InChI=1S/C36H47N7O7S/c1-20-16-38-26(21(2)29(20)48-11)18-42-30-28-25(41-42)14-23(37-17-22-12-13-24(46-9)15-27(22)47-10)19-51-31(28)40-32(39-30)43(33(44)49-35(3,4)5)34(45)50-36(6,7)8/h12-13,15-16,23,37H,14,17-19H2,1-11H3. The second-order valence-corrected chi connectivity index (χ2v) is 15.3. The normalized spacial score (nSPS) is 14.5. The molecule has 0 aliphatic carbocycles. The molecule has 0 radical (unpaired) electrons. The van der Waals surface area contributed by atoms with Crippen LogP contribution < -0.4 is 24.4 Å². The minimum atomic E-state index is -0.957. The molecule has 1 aromatic carbocycles. The Hall–Kier alpha value is -4.63. The van der Waals surface area contributed by atoms with Gasteiger partial charge in [-0.25, -0.2) is 19.3 Å². The highest BCUT2D eigenvalue weighted by Gasteiger charge is 2.37. The van der Waals surface area contributed by atoms with Gasteiger partial charge in [0, 0.05) is 53.7 Å². The maximum absolute atomic E-state index is 13.6. The van der Waals surface area contributed by atoms with Crippen molar-refractivity contribution in [3.63, 3.8) is 0 Å². The number of carbonyl (C=O) groups is 2. The van der Waals surface area contributed by atoms with Crippen LogP contribution in [0.5, 0.6) is 17.2 Å². The summed E-state index contributed by atoms with van der Waals surface area (Å²) in [6, 6.07) is 5.70. The fraction of sp³-hybridized carbons (Fsp3) is 0.500. The lowest BCUT2D eigenvalue weighted by atomic mass is 10.1. The van der Waals surface area contributed by atoms with E-state index in [0.717, 1.165) is 49.9 Å². The summed E-state index contributed by atoms with van der Waals surface area (Å²) in [6.45, 7) is 15.0. The van der Waals surface area contributed by atoms with Gasteiger partial charge in [-0.15, -0.1) is 16.7 Å². The SMILES string of the molecule is COc1ccc(CNC2CSc3nc(N(C(=O)OC(C)(C)C)C(=O)OC(C)(C)C)nc4c3c(nn4Cc3ncc(C)c(OC)c3C)C2)c(OC)c1. The first-order valence-electron chi connectivity index (χ1n) is 16.6. The number of hydrogen-bond acceptors (Lipinski definition) is 13. The third-order valence-electron chi connectivity index (χ3n) is 7.96. The number of imide groups is 1. The quantitative estimate of drug-likeness (QED) is 0.190. The van der Waals surface area contributed by atoms with E-state index in [4.69, 9.17) is 43.7 Å². The average molecular weight is 722 g/mol. The van der Waals surface area contributed by atoms with Crippen LogP contribution in [-0.4, -0.2) is 81.2 Å². The third-order valence-corrected chi connectivity index (χ3v) is 9.10. The zero-order valence-electron chi connectivity index (χ0n) is 31.2. The first-order chi connectivity index (χ1) is 24.0. The van der Waals surface area contributed by atoms with Crippen LogP contribution in [0.3, 0.4) is 0 Å². The molecule has 1 atom stereocenters. The van der Waals surface area contributed by atoms with Gasteiger partial charge in [0.15, 0.2) is 5.65 Å². The van der Waals surface area contributed by atoms with Crippen molar-refractivity contribution in [3.8, 4) is 17.2 Å². The zero-order chi connectivity index (χ0) is 37.2. The summed E-state index contributed by atoms with van der Waals surface area (Å²) >= 11 is 1.49. The number of nitrogens with zero attached hydrogens (tertiary/aromatic N) is 6. The van der Waals surface area contributed by atoms with Crippen LogP contribution in [-0.2, 0) is 29.0 Å². The molecular formula is C36H47N7O7S. The highest BCUT2D eigenvalue weighted by molar-refractivity contribution is 7.99. The molecule has 15 heteroatoms. The van der Waals surface area contributed by atoms with E-state index in [0.29, 0.717) is 35.1 Å². The summed E-state index contributed by atoms with van der Waals surface area (Å²) in [6.07, 6.45) is 0.415. The number of thioether (sulfide) groups is 1. The van der Waals surface area contributed by atoms with E-state index in [1.54, 1.807) is 73.8 Å². The van der Waals surface area contributed by atoms with Crippen molar-refractivity contribution < 1.29 is 33.3 Å². The highest BCUT2D eigenvalue weighted by atomic mass is 32.2. The summed E-state index contributed by atoms with van der Waals surface area (Å²) in [5.74, 6) is 2.61. The average Bonchev–Trinajstić information content (AvgIpc) is 3.27. The van der Waals surface area contributed by atoms with E-state index in [9.17, 15) is 9.59 Å². The summed E-state index contributed by atoms with van der Waals surface area (Å²) in [5.41, 5.74) is 2.89. The Morgan fingerprint density at radius 2 is 1.67 bits per heavy atom. The molecule has 14 nitrogen and oxygen atoms in total. The molecule has 2 amide bonds. The van der Waals surface area contributed by atoms with E-state index in [1.807, 2.05) is 32.0 Å². The Labute approximate surface area is 302 Å². The van der Waals surface area contributed by atoms with Crippen LogP contribution in [0.25, 0.3) is 11.0 Å². The molecule has 1 unspecified atom stereocenters. The first kappa shape index (κ1) is 37.6. The molecule has 0 fully saturated rings. The maximum Gasteiger partial charge on any atom is 0.427 e. The number of anilines is 1. The van der Waals surface area contributed by atoms with E-state index in [-0.39, 0.29) is 18.5 Å². The monoisotopic (exact) mass is 721 g/mol. The number of hydrogen-bond donors (Lipinski definition) is 1. The Bertz CT molecular complexity index is 1910. The predicted octanol–water partition coefficient (Wildman–Crippen LogP) is 6.40. The second-order valence-electron chi connectivity index (χ2n) is 14.2. The number of amides is 2. The Balaban J connectivity index is 1.59. The molecule has 4 aromatic rings. The molecule has 51 heavy (non-hydrogen) atoms. The molecule has 4 heterocycles. The first-order valence-corrected chi connectivity index (χ1v) is 17.6. The van der Waals surface area contributed by atoms with E-state index in [1.165, 1.54) is 11.8 Å². The minimum Gasteiger partial charge on any atom is -0.497 e. The number of aryl methyl sites for hydroxylation is 1. The second kappa shape index (κ2) is 14.9. The van der Waals surface area contributed by atoms with Gasteiger partial charge in [-0.2, -0.15) is 10.1 Å². The van der Waals surface area contributed by atoms with Gasteiger partial charge >= 0.3 is 12.2 Å². The van der Waals surface area contributed by atoms with Crippen LogP contribution >= 0.6 is 11.8 Å². The summed E-state index contributed by atoms with van der Waals surface area (Å²) in [5, 5.41) is 10.0. The van der Waals surface area contributed by atoms with Crippen LogP contribution in [0.4, 0.5) is 15.5 Å². The van der Waals surface area contributed by atoms with E-state index in [2.05, 4.69) is 5.32 Å². The van der Waals surface area contributed by atoms with Crippen LogP contribution in [0.2, 0.25) is 0 Å². The van der Waals surface area contributed by atoms with Gasteiger partial charge in [-0.05, 0) is 61.5 Å². The lowest BCUT2D eigenvalue weighted by molar-refractivity contribution is 0.0427. The number of benzene rings is 1. The fourth-order valence-electron chi connectivity index (χ4n) is 5.64. The van der Waals surface area contributed by atoms with E-state index < -0.39 is 23.4 Å². The Kier molecular flexibility index (Phi) is 11.0. The minimum absolute atomic E-state index is 0.0295. The van der Waals surface area contributed by atoms with Gasteiger partial charge in [-0.3, -0.25) is 4.98 Å². The van der Waals surface area contributed by atoms with Crippen LogP contribution in [0.1, 0.15) is 69.6 Å². The highest BCUT2D eigenvalue weighted by Crippen LogP contribution is 2.36. The number of nitrogens with one attached hydrogen (secondary N) is 1. The van der Waals surface area contributed by atoms with Crippen molar-refractivity contribution >= 4 is 40.9 Å². The van der Waals surface area contributed by atoms with Crippen molar-refractivity contribution in [2.45, 2.75) is 97.2 Å².